The minimum absolute atomic E-state index is 0.122. The second-order valence-electron chi connectivity index (χ2n) is 35.8. The summed E-state index contributed by atoms with van der Waals surface area (Å²) in [5.41, 5.74) is 2.90. The van der Waals surface area contributed by atoms with Crippen LogP contribution in [0.1, 0.15) is 237 Å². The third kappa shape index (κ3) is 61.1. The number of benzene rings is 8. The molecule has 0 aromatic heterocycles. The molecule has 42 heteroatoms. The van der Waals surface area contributed by atoms with Crippen molar-refractivity contribution < 1.29 is 89.6 Å². The number of non-ortho nitro benzene ring substituents is 4. The Morgan fingerprint density at radius 1 is 0.230 bits per heavy atom. The minimum Gasteiger partial charge on any atom is -0.822 e. The highest BCUT2D eigenvalue weighted by atomic mass is 32.2. The molecule has 8 aromatic carbocycles. The Morgan fingerprint density at radius 3 is 0.426 bits per heavy atom. The molecular formula is C106H164N19O20PS2. The average Bonchev–Trinajstić information content (AvgIpc) is 0.827. The van der Waals surface area contributed by atoms with E-state index < -0.39 is 85.3 Å². The van der Waals surface area contributed by atoms with E-state index in [2.05, 4.69) is 147 Å². The van der Waals surface area contributed by atoms with E-state index in [0.717, 1.165) is 0 Å². The van der Waals surface area contributed by atoms with E-state index in [1.807, 2.05) is 0 Å². The van der Waals surface area contributed by atoms with Gasteiger partial charge in [0.1, 0.15) is 0 Å². The van der Waals surface area contributed by atoms with Crippen LogP contribution >= 0.6 is 7.82 Å². The summed E-state index contributed by atoms with van der Waals surface area (Å²) >= 11 is 0. The number of carbonyl (C=O) groups is 6. The number of nitro groups is 4. The number of anilines is 12. The molecule has 0 aliphatic carbocycles. The standard InChI is InChI=1S/2C27H22N8O7.3C16H36N.2C2H6OS.H3O4P/c2*36-25(28-17-9-13-19(14-10-17)34(39)40)30-21-5-1-3-7-23(21)32-27(38)33-24-8-4-2-6-22(24)31-26(37)29-18-11-15-20(16-12-18)35(41)42;3*1-5-9-13-17(14-10-6-2,15-11-7-3)16-12-8-4;2*1-4(2)3;1-5(2,3)4/h2*1-16H,(H2,28,30,36)(H2,29,31,37)(H2,32,33,38);3*5-16H2,1-4H3;2*1-2H3;(H3,1,2,3,4)/q;;3*+1;;;/p-3. The van der Waals surface area contributed by atoms with Gasteiger partial charge in [-0.1, -0.05) is 209 Å². The van der Waals surface area contributed by atoms with Crippen molar-refractivity contribution in [2.75, 3.05) is 167 Å². The van der Waals surface area contributed by atoms with Crippen LogP contribution in [0.5, 0.6) is 0 Å². The molecule has 0 spiro atoms. The molecule has 8 aromatic rings. The average molecular weight is 2120 g/mol. The molecular weight excluding hydrogens is 1950 g/mol. The van der Waals surface area contributed by atoms with Crippen LogP contribution in [0.25, 0.3) is 0 Å². The van der Waals surface area contributed by atoms with Gasteiger partial charge in [-0.2, -0.15) is 7.82 Å². The van der Waals surface area contributed by atoms with Gasteiger partial charge in [-0.25, -0.2) is 28.8 Å². The van der Waals surface area contributed by atoms with Crippen molar-refractivity contribution in [2.45, 2.75) is 237 Å². The topological polar surface area (TPSA) is 540 Å². The van der Waals surface area contributed by atoms with Gasteiger partial charge in [0.2, 0.25) is 0 Å². The number of para-hydroxylation sites is 8. The third-order valence-electron chi connectivity index (χ3n) is 22.9. The molecule has 0 aliphatic heterocycles. The number of urea groups is 6. The number of nitrogens with one attached hydrogen (secondary N) is 12. The number of carbonyl (C=O) groups excluding carboxylic acids is 6. The molecule has 148 heavy (non-hydrogen) atoms. The molecule has 12 amide bonds. The van der Waals surface area contributed by atoms with Crippen LogP contribution in [0.2, 0.25) is 0 Å². The largest absolute Gasteiger partial charge is 0.822 e. The van der Waals surface area contributed by atoms with Crippen LogP contribution in [0, 0.1) is 40.5 Å². The summed E-state index contributed by atoms with van der Waals surface area (Å²) in [5, 5.41) is 74.4. The number of amides is 12. The van der Waals surface area contributed by atoms with Crippen LogP contribution in [-0.4, -0.2) is 181 Å². The molecule has 39 nitrogen and oxygen atoms in total. The van der Waals surface area contributed by atoms with Crippen LogP contribution in [0.4, 0.5) is 120 Å². The summed E-state index contributed by atoms with van der Waals surface area (Å²) in [4.78, 5) is 142. The van der Waals surface area contributed by atoms with Crippen LogP contribution in [0.15, 0.2) is 194 Å². The first kappa shape index (κ1) is 133. The molecule has 0 saturated heterocycles. The second kappa shape index (κ2) is 77.6. The van der Waals surface area contributed by atoms with Gasteiger partial charge in [0.15, 0.2) is 0 Å². The fraction of sp³-hybridized carbons (Fsp3) is 0.491. The Labute approximate surface area is 880 Å². The number of quaternary nitrogens is 3. The fourth-order valence-corrected chi connectivity index (χ4v) is 15.1. The van der Waals surface area contributed by atoms with Crippen LogP contribution < -0.4 is 78.5 Å². The van der Waals surface area contributed by atoms with Crippen molar-refractivity contribution in [1.29, 1.82) is 0 Å². The van der Waals surface area contributed by atoms with E-state index in [4.69, 9.17) is 19.2 Å². The lowest BCUT2D eigenvalue weighted by molar-refractivity contribution is -0.929. The van der Waals surface area contributed by atoms with Gasteiger partial charge in [-0.3, -0.25) is 48.9 Å². The van der Waals surface area contributed by atoms with Gasteiger partial charge < -0.3 is 96.5 Å². The van der Waals surface area contributed by atoms with Crippen molar-refractivity contribution in [2.24, 2.45) is 0 Å². The van der Waals surface area contributed by atoms with Gasteiger partial charge in [0.25, 0.3) is 22.7 Å². The Bertz CT molecular complexity index is 4570. The van der Waals surface area contributed by atoms with E-state index in [1.54, 1.807) is 122 Å². The van der Waals surface area contributed by atoms with E-state index in [1.165, 1.54) is 343 Å². The Hall–Kier alpha value is -12.7. The van der Waals surface area contributed by atoms with E-state index in [0.29, 0.717) is 22.7 Å². The first-order valence-electron chi connectivity index (χ1n) is 51.2. The summed E-state index contributed by atoms with van der Waals surface area (Å²) < 4.78 is 31.9. The molecule has 0 fully saturated rings. The molecule has 0 unspecified atom stereocenters. The van der Waals surface area contributed by atoms with Crippen LogP contribution in [-0.2, 0) is 26.2 Å². The number of nitrogens with zero attached hydrogens (tertiary/aromatic N) is 7. The highest BCUT2D eigenvalue weighted by molar-refractivity contribution is 7.83. The van der Waals surface area contributed by atoms with Crippen molar-refractivity contribution in [3.63, 3.8) is 0 Å². The monoisotopic (exact) mass is 2120 g/mol. The van der Waals surface area contributed by atoms with Crippen molar-refractivity contribution in [3.05, 3.63) is 235 Å². The number of phosphoric acid groups is 1. The Morgan fingerprint density at radius 2 is 0.331 bits per heavy atom. The maximum atomic E-state index is 12.8. The molecule has 0 heterocycles. The Kier molecular flexibility index (Phi) is 69.9. The third-order valence-corrected chi connectivity index (χ3v) is 22.9. The lowest BCUT2D eigenvalue weighted by Crippen LogP contribution is -2.50. The van der Waals surface area contributed by atoms with Crippen LogP contribution in [0.3, 0.4) is 0 Å². The fourth-order valence-electron chi connectivity index (χ4n) is 15.1. The molecule has 0 saturated carbocycles. The van der Waals surface area contributed by atoms with Gasteiger partial charge in [-0.05, 0) is 174 Å². The quantitative estimate of drug-likeness (QED) is 0.00729. The smallest absolute Gasteiger partial charge is 0.323 e. The van der Waals surface area contributed by atoms with Crippen molar-refractivity contribution in [3.8, 4) is 0 Å². The molecule has 0 atom stereocenters. The molecule has 820 valence electrons. The summed E-state index contributed by atoms with van der Waals surface area (Å²) in [5.74, 6) is 0. The Balaban J connectivity index is 0.000000951. The van der Waals surface area contributed by atoms with Gasteiger partial charge in [0, 0.05) is 118 Å². The van der Waals surface area contributed by atoms with E-state index >= 15 is 0 Å². The summed E-state index contributed by atoms with van der Waals surface area (Å²) in [6, 6.07) is 42.8. The van der Waals surface area contributed by atoms with Crippen molar-refractivity contribution >= 4 is 157 Å². The van der Waals surface area contributed by atoms with Crippen molar-refractivity contribution in [1.82, 2.24) is 0 Å². The van der Waals surface area contributed by atoms with Gasteiger partial charge in [-0.15, -0.1) is 0 Å². The molecule has 12 N–H and O–H groups in total. The summed E-state index contributed by atoms with van der Waals surface area (Å²) in [6.45, 7) is 45.1. The number of hydrogen-bond acceptors (Lipinski definition) is 20. The lowest BCUT2D eigenvalue weighted by Gasteiger charge is -2.39. The number of rotatable bonds is 52. The normalized spacial score (nSPS) is 10.7. The zero-order valence-electron chi connectivity index (χ0n) is 89.5. The maximum absolute atomic E-state index is 12.8. The van der Waals surface area contributed by atoms with E-state index in [9.17, 15) is 77.6 Å². The number of nitro benzene ring substituents is 4. The molecule has 0 bridgehead atoms. The molecule has 8 rings (SSSR count). The van der Waals surface area contributed by atoms with E-state index in [-0.39, 0.29) is 68.2 Å². The summed E-state index contributed by atoms with van der Waals surface area (Å²) in [7, 11) is -6.61. The lowest BCUT2D eigenvalue weighted by atomic mass is 10.1. The van der Waals surface area contributed by atoms with Gasteiger partial charge in [0.05, 0.1) is 144 Å². The predicted octanol–water partition coefficient (Wildman–Crippen LogP) is 25.0. The SMILES string of the molecule is CCCC[N+](CCCC)(CCCC)CCCC.CCCC[N+](CCCC)(CCCC)CCCC.CCCC[N+](CCCC)(CCCC)CCCC.CS(C)=O.CS(C)=O.O=C(Nc1ccc([N+](=O)[O-])cc1)Nc1ccccc1NC(=O)Nc1ccccc1NC(=O)Nc1ccc([N+](=O)[O-])cc1.O=C(Nc1ccc([N+](=O)[O-])cc1)Nc1ccccc1NC(=O)Nc1ccccc1NC(=O)Nc1ccc([N+](=O)[O-])cc1.O=P([O-])([O-])[O-]. The zero-order chi connectivity index (χ0) is 111. The summed E-state index contributed by atoms with van der Waals surface area (Å²) in [6.07, 6.45) is 39.7. The predicted molar refractivity (Wildman–Crippen MR) is 600 cm³/mol. The number of unbranched alkanes of at least 4 members (excludes halogenated alkanes) is 12. The second-order valence-corrected chi connectivity index (χ2v) is 39.6. The first-order chi connectivity index (χ1) is 70.5. The number of hydrogen-bond donors (Lipinski definition) is 12. The van der Waals surface area contributed by atoms with Gasteiger partial charge >= 0.3 is 36.2 Å². The zero-order valence-corrected chi connectivity index (χ0v) is 92.0. The molecule has 0 radical (unpaired) electrons. The minimum atomic E-state index is -5.39. The first-order valence-corrected chi connectivity index (χ1v) is 56.5. The maximum Gasteiger partial charge on any atom is 0.323 e. The highest BCUT2D eigenvalue weighted by Crippen LogP contribution is 2.31. The highest BCUT2D eigenvalue weighted by Gasteiger charge is 2.29. The molecule has 0 aliphatic rings.